The van der Waals surface area contributed by atoms with Crippen LogP contribution in [0.25, 0.3) is 0 Å². The van der Waals surface area contributed by atoms with Crippen molar-refractivity contribution in [3.8, 4) is 0 Å². The number of carboxylic acid groups (broad SMARTS) is 2. The fourth-order valence-corrected chi connectivity index (χ4v) is 5.77. The first-order chi connectivity index (χ1) is 24.1. The number of carbonyl (C=O) groups excluding carboxylic acids is 2. The molecule has 0 saturated heterocycles. The first kappa shape index (κ1) is 49.7. The molecule has 0 aliphatic heterocycles. The van der Waals surface area contributed by atoms with Gasteiger partial charge in [0.05, 0.1) is 19.8 Å². The van der Waals surface area contributed by atoms with E-state index in [4.69, 9.17) is 20.4 Å². The van der Waals surface area contributed by atoms with E-state index in [2.05, 4.69) is 24.5 Å². The van der Waals surface area contributed by atoms with Crippen molar-refractivity contribution in [1.82, 2.24) is 20.4 Å². The van der Waals surface area contributed by atoms with E-state index < -0.39 is 12.1 Å². The number of amides is 3. The molecule has 0 aliphatic carbocycles. The average Bonchev–Trinajstić information content (AvgIpc) is 3.07. The van der Waals surface area contributed by atoms with Crippen LogP contribution in [0.2, 0.25) is 0 Å². The third-order valence-corrected chi connectivity index (χ3v) is 8.77. The lowest BCUT2D eigenvalue weighted by molar-refractivity contribution is -0.138. The maximum atomic E-state index is 12.3. The number of rotatable bonds is 34. The van der Waals surface area contributed by atoms with Crippen molar-refractivity contribution >= 4 is 23.9 Å². The molecule has 3 amide bonds. The number of hydrogen-bond donors (Lipinski definition) is 6. The summed E-state index contributed by atoms with van der Waals surface area (Å²) in [6, 6.07) is -0.251. The van der Waals surface area contributed by atoms with Gasteiger partial charge in [-0.15, -0.1) is 0 Å². The van der Waals surface area contributed by atoms with Crippen LogP contribution in [0.4, 0.5) is 4.79 Å². The Morgan fingerprint density at radius 3 is 1.44 bits per heavy atom. The lowest BCUT2D eigenvalue weighted by atomic mass is 10.1. The van der Waals surface area contributed by atoms with Gasteiger partial charge >= 0.3 is 12.1 Å². The minimum absolute atomic E-state index is 0.00770. The second-order valence-corrected chi connectivity index (χ2v) is 13.5. The lowest BCUT2D eigenvalue weighted by Gasteiger charge is -2.28. The Balaban J connectivity index is 0. The third-order valence-electron chi connectivity index (χ3n) is 8.77. The van der Waals surface area contributed by atoms with Crippen molar-refractivity contribution in [3.05, 3.63) is 0 Å². The molecule has 12 nitrogen and oxygen atoms in total. The fourth-order valence-electron chi connectivity index (χ4n) is 5.77. The Morgan fingerprint density at radius 2 is 1.02 bits per heavy atom. The molecular weight excluding hydrogens is 640 g/mol. The molecule has 0 rings (SSSR count). The zero-order valence-electron chi connectivity index (χ0n) is 32.1. The summed E-state index contributed by atoms with van der Waals surface area (Å²) >= 11 is 0. The summed E-state index contributed by atoms with van der Waals surface area (Å²) < 4.78 is 0. The van der Waals surface area contributed by atoms with Crippen molar-refractivity contribution < 1.29 is 39.6 Å². The number of carboxylic acids is 1. The molecule has 0 spiro atoms. The Labute approximate surface area is 304 Å². The molecule has 0 radical (unpaired) electrons. The topological polar surface area (TPSA) is 180 Å². The van der Waals surface area contributed by atoms with Crippen molar-refractivity contribution in [3.63, 3.8) is 0 Å². The summed E-state index contributed by atoms with van der Waals surface area (Å²) in [6.07, 6.45) is 24.6. The molecule has 0 bridgehead atoms. The molecule has 296 valence electrons. The zero-order valence-corrected chi connectivity index (χ0v) is 32.1. The molecule has 0 aliphatic rings. The number of hydrogen-bond acceptors (Lipinski definition) is 7. The van der Waals surface area contributed by atoms with Crippen molar-refractivity contribution in [2.45, 2.75) is 168 Å². The van der Waals surface area contributed by atoms with E-state index in [1.54, 1.807) is 16.7 Å². The van der Waals surface area contributed by atoms with Crippen LogP contribution in [0.1, 0.15) is 162 Å². The quantitative estimate of drug-likeness (QED) is 0.0402. The molecular formula is C38H76N4O8. The van der Waals surface area contributed by atoms with Crippen LogP contribution >= 0.6 is 0 Å². The van der Waals surface area contributed by atoms with Gasteiger partial charge in [-0.25, -0.2) is 4.79 Å². The highest BCUT2D eigenvalue weighted by molar-refractivity contribution is 5.76. The highest BCUT2D eigenvalue weighted by Crippen LogP contribution is 2.13. The molecule has 0 fully saturated rings. The smallest absolute Gasteiger partial charge is 0.404 e. The number of aliphatic hydroxyl groups excluding tert-OH is 2. The predicted octanol–water partition coefficient (Wildman–Crippen LogP) is 6.57. The van der Waals surface area contributed by atoms with Crippen molar-refractivity contribution in [1.29, 1.82) is 0 Å². The first-order valence-electron chi connectivity index (χ1n) is 19.8. The van der Waals surface area contributed by atoms with Crippen molar-refractivity contribution in [2.24, 2.45) is 0 Å². The summed E-state index contributed by atoms with van der Waals surface area (Å²) in [6.45, 7) is 7.54. The minimum atomic E-state index is -1.10. The second kappa shape index (κ2) is 37.8. The highest BCUT2D eigenvalue weighted by atomic mass is 16.4. The molecule has 50 heavy (non-hydrogen) atoms. The van der Waals surface area contributed by atoms with E-state index in [1.165, 1.54) is 96.3 Å². The van der Waals surface area contributed by atoms with Gasteiger partial charge < -0.3 is 36.0 Å². The summed E-state index contributed by atoms with van der Waals surface area (Å²) in [4.78, 5) is 48.5. The summed E-state index contributed by atoms with van der Waals surface area (Å²) in [5.74, 6) is -0.905. The Hall–Kier alpha value is -2.44. The molecule has 0 aromatic rings. The van der Waals surface area contributed by atoms with Gasteiger partial charge in [0.2, 0.25) is 11.8 Å². The largest absolute Gasteiger partial charge is 0.480 e. The minimum Gasteiger partial charge on any atom is -0.480 e. The van der Waals surface area contributed by atoms with Crippen LogP contribution in [-0.2, 0) is 14.4 Å². The Kier molecular flexibility index (Phi) is 37.6. The highest BCUT2D eigenvalue weighted by Gasteiger charge is 2.19. The van der Waals surface area contributed by atoms with Gasteiger partial charge in [-0.2, -0.15) is 0 Å². The van der Waals surface area contributed by atoms with Crippen LogP contribution in [0.5, 0.6) is 0 Å². The molecule has 0 aromatic carbocycles. The maximum absolute atomic E-state index is 12.3. The molecule has 0 saturated carbocycles. The molecule has 1 unspecified atom stereocenters. The normalized spacial score (nSPS) is 11.5. The van der Waals surface area contributed by atoms with E-state index in [0.29, 0.717) is 32.5 Å². The standard InChI is InChI=1S/C20H40N2O4.C18H36N2O4/c1-2-3-4-5-6-7-8-9-10-11-12-13-19(24)21-14-15-22(16-17-23)18-20(25)26;1-3-4-5-6-7-8-9-10-11-12-17(22)20(13-14-21)16(2)15-19-18(23)24/h23H,2-18H2,1H3,(H,21,24)(H,25,26);16,19,21H,3-15H2,1-2H3,(H,23,24). The van der Waals surface area contributed by atoms with Gasteiger partial charge in [0, 0.05) is 51.6 Å². The zero-order chi connectivity index (χ0) is 37.7. The van der Waals surface area contributed by atoms with Crippen LogP contribution < -0.4 is 10.6 Å². The van der Waals surface area contributed by atoms with Gasteiger partial charge in [-0.3, -0.25) is 19.3 Å². The maximum Gasteiger partial charge on any atom is 0.404 e. The van der Waals surface area contributed by atoms with Gasteiger partial charge in [-0.1, -0.05) is 129 Å². The number of nitrogens with one attached hydrogen (secondary N) is 2. The molecule has 6 N–H and O–H groups in total. The van der Waals surface area contributed by atoms with E-state index in [9.17, 15) is 19.2 Å². The molecule has 0 aromatic heterocycles. The van der Waals surface area contributed by atoms with Crippen molar-refractivity contribution in [2.75, 3.05) is 52.5 Å². The van der Waals surface area contributed by atoms with Crippen LogP contribution in [0.15, 0.2) is 0 Å². The first-order valence-corrected chi connectivity index (χ1v) is 19.8. The summed E-state index contributed by atoms with van der Waals surface area (Å²) in [7, 11) is 0. The van der Waals surface area contributed by atoms with Gasteiger partial charge in [-0.05, 0) is 19.8 Å². The number of carbonyl (C=O) groups is 4. The summed E-state index contributed by atoms with van der Waals surface area (Å²) in [5.41, 5.74) is 0. The van der Waals surface area contributed by atoms with E-state index in [-0.39, 0.29) is 50.7 Å². The van der Waals surface area contributed by atoms with Gasteiger partial charge in [0.1, 0.15) is 0 Å². The van der Waals surface area contributed by atoms with E-state index in [1.807, 2.05) is 0 Å². The van der Waals surface area contributed by atoms with Crippen LogP contribution in [0.3, 0.4) is 0 Å². The SMILES string of the molecule is CCCCCCCCCCCC(=O)N(CCO)C(C)CNC(=O)O.CCCCCCCCCCCCCC(=O)NCCN(CCO)CC(=O)O. The molecule has 1 atom stereocenters. The Bertz CT molecular complexity index is 818. The molecule has 0 heterocycles. The molecule has 12 heteroatoms. The van der Waals surface area contributed by atoms with Gasteiger partial charge in [0.25, 0.3) is 0 Å². The van der Waals surface area contributed by atoms with Crippen LogP contribution in [0, 0.1) is 0 Å². The second-order valence-electron chi connectivity index (χ2n) is 13.5. The number of unbranched alkanes of at least 4 members (excludes halogenated alkanes) is 18. The number of aliphatic carboxylic acids is 1. The monoisotopic (exact) mass is 717 g/mol. The average molecular weight is 717 g/mol. The predicted molar refractivity (Wildman–Crippen MR) is 201 cm³/mol. The van der Waals surface area contributed by atoms with E-state index in [0.717, 1.165) is 32.1 Å². The number of aliphatic hydroxyl groups is 2. The van der Waals surface area contributed by atoms with E-state index >= 15 is 0 Å². The number of nitrogens with zero attached hydrogens (tertiary/aromatic N) is 2. The van der Waals surface area contributed by atoms with Gasteiger partial charge in [0.15, 0.2) is 0 Å². The van der Waals surface area contributed by atoms with Crippen LogP contribution in [-0.4, -0.2) is 113 Å². The fraction of sp³-hybridized carbons (Fsp3) is 0.895. The lowest BCUT2D eigenvalue weighted by Crippen LogP contribution is -2.46. The summed E-state index contributed by atoms with van der Waals surface area (Å²) in [5, 5.41) is 40.5. The third kappa shape index (κ3) is 35.4. The Morgan fingerprint density at radius 1 is 0.580 bits per heavy atom.